The van der Waals surface area contributed by atoms with Crippen LogP contribution in [-0.2, 0) is 11.3 Å². The predicted molar refractivity (Wildman–Crippen MR) is 108 cm³/mol. The second-order valence-corrected chi connectivity index (χ2v) is 9.70. The molecule has 150 valence electrons. The average molecular weight is 394 g/mol. The molecular weight excluding hydrogens is 362 g/mol. The van der Waals surface area contributed by atoms with E-state index in [2.05, 4.69) is 27.5 Å². The number of carbonyl (C=O) groups is 1. The van der Waals surface area contributed by atoms with E-state index in [1.807, 2.05) is 31.9 Å². The molecule has 3 rings (SSSR count). The number of carbonyl (C=O) groups excluding carboxylic acids is 1. The van der Waals surface area contributed by atoms with Gasteiger partial charge in [-0.3, -0.25) is 4.99 Å². The normalized spacial score (nSPS) is 25.4. The summed E-state index contributed by atoms with van der Waals surface area (Å²) in [5.74, 6) is 0.790. The zero-order chi connectivity index (χ0) is 19.6. The molecule has 1 aromatic rings. The van der Waals surface area contributed by atoms with Crippen molar-refractivity contribution in [3.63, 3.8) is 0 Å². The molecule has 0 aromatic carbocycles. The number of piperidine rings is 1. The van der Waals surface area contributed by atoms with Gasteiger partial charge in [-0.15, -0.1) is 11.3 Å². The standard InChI is InChI=1S/C19H31N5O2S/c1-12-10-21-16(27-12)11-22-17(20-5)23-13-8-14-6-7-15(9-13)24(14)18(25)26-19(2,3)4/h10,13-15H,6-9,11H2,1-5H3,(H2,20,22,23). The predicted octanol–water partition coefficient (Wildman–Crippen LogP) is 3.05. The maximum absolute atomic E-state index is 12.6. The fraction of sp³-hybridized carbons (Fsp3) is 0.737. The van der Waals surface area contributed by atoms with E-state index < -0.39 is 5.60 Å². The lowest BCUT2D eigenvalue weighted by Gasteiger charge is -2.40. The first-order chi connectivity index (χ1) is 12.7. The molecule has 2 aliphatic heterocycles. The summed E-state index contributed by atoms with van der Waals surface area (Å²) < 4.78 is 5.61. The van der Waals surface area contributed by atoms with Crippen LogP contribution >= 0.6 is 11.3 Å². The molecule has 1 amide bonds. The molecule has 2 fully saturated rings. The zero-order valence-corrected chi connectivity index (χ0v) is 17.7. The van der Waals surface area contributed by atoms with Gasteiger partial charge in [0, 0.05) is 36.2 Å². The van der Waals surface area contributed by atoms with E-state index in [0.717, 1.165) is 36.7 Å². The molecule has 2 saturated heterocycles. The van der Waals surface area contributed by atoms with Crippen molar-refractivity contribution in [2.75, 3.05) is 7.05 Å². The zero-order valence-electron chi connectivity index (χ0n) is 16.9. The Hall–Kier alpha value is -1.83. The van der Waals surface area contributed by atoms with Crippen LogP contribution in [0, 0.1) is 6.92 Å². The molecule has 2 aliphatic rings. The molecular formula is C19H31N5O2S. The number of thiazole rings is 1. The van der Waals surface area contributed by atoms with Gasteiger partial charge in [-0.1, -0.05) is 0 Å². The second-order valence-electron chi connectivity index (χ2n) is 8.38. The van der Waals surface area contributed by atoms with Gasteiger partial charge < -0.3 is 20.3 Å². The average Bonchev–Trinajstić information content (AvgIpc) is 3.11. The summed E-state index contributed by atoms with van der Waals surface area (Å²) in [5.41, 5.74) is -0.453. The van der Waals surface area contributed by atoms with Crippen LogP contribution in [0.15, 0.2) is 11.2 Å². The van der Waals surface area contributed by atoms with E-state index in [4.69, 9.17) is 4.74 Å². The number of rotatable bonds is 3. The fourth-order valence-electron chi connectivity index (χ4n) is 3.94. The van der Waals surface area contributed by atoms with Gasteiger partial charge in [-0.2, -0.15) is 0 Å². The van der Waals surface area contributed by atoms with Crippen LogP contribution in [0.2, 0.25) is 0 Å². The summed E-state index contributed by atoms with van der Waals surface area (Å²) in [5, 5.41) is 7.92. The number of guanidine groups is 1. The molecule has 0 spiro atoms. The van der Waals surface area contributed by atoms with Gasteiger partial charge in [0.1, 0.15) is 10.6 Å². The number of hydrogen-bond donors (Lipinski definition) is 2. The van der Waals surface area contributed by atoms with E-state index in [1.54, 1.807) is 18.4 Å². The Morgan fingerprint density at radius 1 is 1.37 bits per heavy atom. The third-order valence-corrected chi connectivity index (χ3v) is 5.89. The number of amides is 1. The van der Waals surface area contributed by atoms with Crippen molar-refractivity contribution in [1.82, 2.24) is 20.5 Å². The topological polar surface area (TPSA) is 78.9 Å². The largest absolute Gasteiger partial charge is 0.444 e. The lowest BCUT2D eigenvalue weighted by atomic mass is 9.98. The lowest BCUT2D eigenvalue weighted by molar-refractivity contribution is 0.00545. The third-order valence-electron chi connectivity index (χ3n) is 4.98. The summed E-state index contributed by atoms with van der Waals surface area (Å²) >= 11 is 1.69. The van der Waals surface area contributed by atoms with E-state index >= 15 is 0 Å². The molecule has 0 aliphatic carbocycles. The van der Waals surface area contributed by atoms with Crippen LogP contribution in [0.5, 0.6) is 0 Å². The van der Waals surface area contributed by atoms with Crippen LogP contribution in [0.1, 0.15) is 56.3 Å². The van der Waals surface area contributed by atoms with Gasteiger partial charge in [0.2, 0.25) is 0 Å². The van der Waals surface area contributed by atoms with Crippen LogP contribution in [0.25, 0.3) is 0 Å². The maximum atomic E-state index is 12.6. The maximum Gasteiger partial charge on any atom is 0.410 e. The van der Waals surface area contributed by atoms with Crippen LogP contribution < -0.4 is 10.6 Å². The molecule has 2 unspecified atom stereocenters. The Balaban J connectivity index is 1.53. The van der Waals surface area contributed by atoms with Crippen molar-refractivity contribution in [2.24, 2.45) is 4.99 Å². The summed E-state index contributed by atoms with van der Waals surface area (Å²) in [6.07, 6.45) is 5.66. The highest BCUT2D eigenvalue weighted by Crippen LogP contribution is 2.36. The first-order valence-corrected chi connectivity index (χ1v) is 10.5. The van der Waals surface area contributed by atoms with Crippen molar-refractivity contribution in [3.8, 4) is 0 Å². The number of aliphatic imine (C=N–C) groups is 1. The summed E-state index contributed by atoms with van der Waals surface area (Å²) in [7, 11) is 1.78. The van der Waals surface area contributed by atoms with E-state index in [-0.39, 0.29) is 18.2 Å². The summed E-state index contributed by atoms with van der Waals surface area (Å²) in [4.78, 5) is 24.5. The molecule has 0 radical (unpaired) electrons. The summed E-state index contributed by atoms with van der Waals surface area (Å²) in [6, 6.07) is 0.803. The lowest BCUT2D eigenvalue weighted by Crippen LogP contribution is -2.54. The minimum absolute atomic E-state index is 0.171. The van der Waals surface area contributed by atoms with E-state index in [9.17, 15) is 4.79 Å². The van der Waals surface area contributed by atoms with Crippen molar-refractivity contribution >= 4 is 23.4 Å². The van der Waals surface area contributed by atoms with Crippen LogP contribution in [0.4, 0.5) is 4.79 Å². The highest BCUT2D eigenvalue weighted by atomic mass is 32.1. The van der Waals surface area contributed by atoms with Crippen molar-refractivity contribution < 1.29 is 9.53 Å². The van der Waals surface area contributed by atoms with Gasteiger partial charge in [0.05, 0.1) is 6.54 Å². The number of nitrogens with zero attached hydrogens (tertiary/aromatic N) is 3. The molecule has 7 nitrogen and oxygen atoms in total. The van der Waals surface area contributed by atoms with Crippen molar-refractivity contribution in [1.29, 1.82) is 0 Å². The van der Waals surface area contributed by atoms with E-state index in [1.165, 1.54) is 4.88 Å². The number of aromatic nitrogens is 1. The molecule has 8 heteroatoms. The molecule has 3 heterocycles. The Kier molecular flexibility index (Phi) is 5.93. The fourth-order valence-corrected chi connectivity index (χ4v) is 4.66. The monoisotopic (exact) mass is 393 g/mol. The number of ether oxygens (including phenoxy) is 1. The molecule has 2 N–H and O–H groups in total. The van der Waals surface area contributed by atoms with Crippen molar-refractivity contribution in [3.05, 3.63) is 16.1 Å². The quantitative estimate of drug-likeness (QED) is 0.610. The number of hydrogen-bond acceptors (Lipinski definition) is 5. The van der Waals surface area contributed by atoms with Crippen LogP contribution in [-0.4, -0.2) is 52.7 Å². The molecule has 1 aromatic heterocycles. The Morgan fingerprint density at radius 3 is 2.56 bits per heavy atom. The SMILES string of the molecule is CN=C(NCc1ncc(C)s1)NC1CC2CCC(C1)N2C(=O)OC(C)(C)C. The highest BCUT2D eigenvalue weighted by Gasteiger charge is 2.45. The molecule has 2 atom stereocenters. The van der Waals surface area contributed by atoms with Gasteiger partial charge in [0.25, 0.3) is 0 Å². The van der Waals surface area contributed by atoms with Gasteiger partial charge in [0.15, 0.2) is 5.96 Å². The van der Waals surface area contributed by atoms with Crippen molar-refractivity contribution in [2.45, 2.75) is 83.6 Å². The molecule has 0 saturated carbocycles. The number of fused-ring (bicyclic) bond motifs is 2. The van der Waals surface area contributed by atoms with Gasteiger partial charge >= 0.3 is 6.09 Å². The summed E-state index contributed by atoms with van der Waals surface area (Å²) in [6.45, 7) is 8.48. The molecule has 27 heavy (non-hydrogen) atoms. The number of nitrogens with one attached hydrogen (secondary N) is 2. The van der Waals surface area contributed by atoms with E-state index in [0.29, 0.717) is 12.6 Å². The smallest absolute Gasteiger partial charge is 0.410 e. The first kappa shape index (κ1) is 19.9. The van der Waals surface area contributed by atoms with Crippen LogP contribution in [0.3, 0.4) is 0 Å². The third kappa shape index (κ3) is 5.12. The minimum Gasteiger partial charge on any atom is -0.444 e. The Morgan fingerprint density at radius 2 is 2.04 bits per heavy atom. The molecule has 2 bridgehead atoms. The second kappa shape index (κ2) is 8.04. The Bertz CT molecular complexity index is 683. The first-order valence-electron chi connectivity index (χ1n) is 9.65. The number of aryl methyl sites for hydroxylation is 1. The highest BCUT2D eigenvalue weighted by molar-refractivity contribution is 7.11. The van der Waals surface area contributed by atoms with Gasteiger partial charge in [-0.25, -0.2) is 9.78 Å². The Labute approximate surface area is 165 Å². The van der Waals surface area contributed by atoms with Gasteiger partial charge in [-0.05, 0) is 53.4 Å². The minimum atomic E-state index is -0.453.